The Morgan fingerprint density at radius 3 is 2.32 bits per heavy atom. The van der Waals surface area contributed by atoms with Crippen LogP contribution in [-0.4, -0.2) is 47.0 Å². The van der Waals surface area contributed by atoms with Crippen LogP contribution in [0.25, 0.3) is 0 Å². The van der Waals surface area contributed by atoms with Gasteiger partial charge in [0.15, 0.2) is 5.96 Å². The zero-order chi connectivity index (χ0) is 18.0. The number of phenols is 1. The Kier molecular flexibility index (Phi) is 7.10. The molecule has 1 amide bonds. The van der Waals surface area contributed by atoms with Crippen molar-refractivity contribution in [1.29, 1.82) is 0 Å². The van der Waals surface area contributed by atoms with Crippen molar-refractivity contribution in [3.8, 4) is 5.75 Å². The maximum atomic E-state index is 12.1. The molecule has 1 aliphatic rings. The molecular weight excluding hydrogens is 431 g/mol. The van der Waals surface area contributed by atoms with Crippen LogP contribution in [0.3, 0.4) is 0 Å². The number of aromatic hydroxyl groups is 1. The van der Waals surface area contributed by atoms with Crippen molar-refractivity contribution in [3.63, 3.8) is 0 Å². The van der Waals surface area contributed by atoms with Crippen molar-refractivity contribution < 1.29 is 9.90 Å². The molecule has 6 nitrogen and oxygen atoms in total. The van der Waals surface area contributed by atoms with Crippen LogP contribution in [0.5, 0.6) is 5.75 Å². The Balaban J connectivity index is 0.00000312. The molecule has 1 aromatic carbocycles. The van der Waals surface area contributed by atoms with E-state index in [2.05, 4.69) is 48.2 Å². The predicted octanol–water partition coefficient (Wildman–Crippen LogP) is 3.03. The number of hydrogen-bond donors (Lipinski definition) is 3. The van der Waals surface area contributed by atoms with Gasteiger partial charge >= 0.3 is 0 Å². The van der Waals surface area contributed by atoms with Gasteiger partial charge in [0, 0.05) is 29.7 Å². The molecule has 1 aromatic rings. The number of hydrogen-bond acceptors (Lipinski definition) is 3. The third-order valence-corrected chi connectivity index (χ3v) is 5.00. The molecule has 0 unspecified atom stereocenters. The largest absolute Gasteiger partial charge is 0.508 e. The van der Waals surface area contributed by atoms with E-state index in [9.17, 15) is 9.90 Å². The average molecular weight is 460 g/mol. The van der Waals surface area contributed by atoms with Gasteiger partial charge in [-0.3, -0.25) is 4.79 Å². The lowest BCUT2D eigenvalue weighted by molar-refractivity contribution is -0.115. The van der Waals surface area contributed by atoms with Crippen LogP contribution < -0.4 is 10.6 Å². The summed E-state index contributed by atoms with van der Waals surface area (Å²) in [6, 6.07) is 6.38. The number of nitrogens with zero attached hydrogens (tertiary/aromatic N) is 2. The number of carbonyl (C=O) groups is 1. The van der Waals surface area contributed by atoms with Crippen molar-refractivity contribution in [2.45, 2.75) is 40.2 Å². The maximum absolute atomic E-state index is 12.1. The quantitative estimate of drug-likeness (QED) is 0.280. The first-order valence-electron chi connectivity index (χ1n) is 8.32. The highest BCUT2D eigenvalue weighted by molar-refractivity contribution is 14.0. The zero-order valence-corrected chi connectivity index (χ0v) is 17.9. The van der Waals surface area contributed by atoms with Gasteiger partial charge in [-0.2, -0.15) is 0 Å². The molecule has 140 valence electrons. The Labute approximate surface area is 167 Å². The highest BCUT2D eigenvalue weighted by Gasteiger charge is 2.53. The number of amides is 1. The smallest absolute Gasteiger partial charge is 0.246 e. The first-order chi connectivity index (χ1) is 11.2. The normalized spacial score (nSPS) is 18.0. The Morgan fingerprint density at radius 1 is 1.24 bits per heavy atom. The Bertz CT molecular complexity index is 626. The fourth-order valence-corrected chi connectivity index (χ4v) is 2.69. The highest BCUT2D eigenvalue weighted by atomic mass is 127. The molecule has 1 fully saturated rings. The summed E-state index contributed by atoms with van der Waals surface area (Å²) in [5.41, 5.74) is 0.835. The molecular formula is C18H29IN4O2. The molecule has 2 rings (SSSR count). The lowest BCUT2D eigenvalue weighted by Crippen LogP contribution is -2.72. The van der Waals surface area contributed by atoms with Crippen molar-refractivity contribution in [2.75, 3.05) is 25.0 Å². The summed E-state index contributed by atoms with van der Waals surface area (Å²) < 4.78 is 0. The molecule has 0 radical (unpaired) electrons. The Morgan fingerprint density at radius 2 is 1.84 bits per heavy atom. The summed E-state index contributed by atoms with van der Waals surface area (Å²) in [7, 11) is 0. The number of benzene rings is 1. The van der Waals surface area contributed by atoms with Gasteiger partial charge in [-0.15, -0.1) is 24.0 Å². The van der Waals surface area contributed by atoms with E-state index >= 15 is 0 Å². The minimum absolute atomic E-state index is 0. The van der Waals surface area contributed by atoms with Gasteiger partial charge in [-0.05, 0) is 45.0 Å². The van der Waals surface area contributed by atoms with Crippen LogP contribution in [0.2, 0.25) is 0 Å². The van der Waals surface area contributed by atoms with Gasteiger partial charge in [-0.25, -0.2) is 4.99 Å². The van der Waals surface area contributed by atoms with E-state index < -0.39 is 0 Å². The SMILES string of the molecule is CCNC(=NCC(=O)Nc1ccc(O)cc1)N1CC(C)(C)C1(C)C.I. The van der Waals surface area contributed by atoms with Gasteiger partial charge in [0.1, 0.15) is 12.3 Å². The molecule has 0 atom stereocenters. The molecule has 0 aliphatic carbocycles. The standard InChI is InChI=1S/C18H28N4O2.HI/c1-6-19-16(22-12-17(2,3)18(22,4)5)20-11-15(24)21-13-7-9-14(23)10-8-13;/h7-10,23H,6,11-12H2,1-5H3,(H,19,20)(H,21,24);1H. The molecule has 7 heteroatoms. The number of carbonyl (C=O) groups excluding carboxylic acids is 1. The van der Waals surface area contributed by atoms with Gasteiger partial charge in [0.2, 0.25) is 5.91 Å². The predicted molar refractivity (Wildman–Crippen MR) is 113 cm³/mol. The molecule has 3 N–H and O–H groups in total. The van der Waals surface area contributed by atoms with Crippen LogP contribution >= 0.6 is 24.0 Å². The van der Waals surface area contributed by atoms with Crippen molar-refractivity contribution >= 4 is 41.5 Å². The third-order valence-electron chi connectivity index (χ3n) is 5.00. The lowest BCUT2D eigenvalue weighted by Gasteiger charge is -2.62. The minimum atomic E-state index is -0.186. The number of phenolic OH excluding ortho intramolecular Hbond substituents is 1. The fourth-order valence-electron chi connectivity index (χ4n) is 2.69. The molecule has 25 heavy (non-hydrogen) atoms. The number of aliphatic imine (C=N–C) groups is 1. The second-order valence-electron chi connectivity index (χ2n) is 7.29. The van der Waals surface area contributed by atoms with Crippen molar-refractivity contribution in [1.82, 2.24) is 10.2 Å². The molecule has 1 saturated heterocycles. The van der Waals surface area contributed by atoms with Gasteiger partial charge < -0.3 is 20.6 Å². The molecule has 0 spiro atoms. The summed E-state index contributed by atoms with van der Waals surface area (Å²) in [4.78, 5) is 18.8. The average Bonchev–Trinajstić information content (AvgIpc) is 2.51. The molecule has 0 aromatic heterocycles. The van der Waals surface area contributed by atoms with Crippen LogP contribution in [0.4, 0.5) is 5.69 Å². The molecule has 1 aliphatic heterocycles. The minimum Gasteiger partial charge on any atom is -0.508 e. The first-order valence-corrected chi connectivity index (χ1v) is 8.32. The number of likely N-dealkylation sites (tertiary alicyclic amines) is 1. The lowest BCUT2D eigenvalue weighted by atomic mass is 9.65. The first kappa shape index (κ1) is 21.5. The number of nitrogens with one attached hydrogen (secondary N) is 2. The molecule has 0 saturated carbocycles. The van der Waals surface area contributed by atoms with Crippen LogP contribution in [-0.2, 0) is 4.79 Å². The second-order valence-corrected chi connectivity index (χ2v) is 7.29. The maximum Gasteiger partial charge on any atom is 0.246 e. The van der Waals surface area contributed by atoms with Gasteiger partial charge in [0.25, 0.3) is 0 Å². The number of guanidine groups is 1. The summed E-state index contributed by atoms with van der Waals surface area (Å²) in [5, 5.41) is 15.3. The number of halogens is 1. The highest BCUT2D eigenvalue weighted by Crippen LogP contribution is 2.46. The van der Waals surface area contributed by atoms with E-state index in [-0.39, 0.29) is 53.1 Å². The topological polar surface area (TPSA) is 77.0 Å². The molecule has 0 bridgehead atoms. The monoisotopic (exact) mass is 460 g/mol. The van der Waals surface area contributed by atoms with Crippen molar-refractivity contribution in [2.24, 2.45) is 10.4 Å². The second kappa shape index (κ2) is 8.25. The van der Waals surface area contributed by atoms with E-state index in [1.165, 1.54) is 12.1 Å². The fraction of sp³-hybridized carbons (Fsp3) is 0.556. The Hall–Kier alpha value is -1.51. The summed E-state index contributed by atoms with van der Waals surface area (Å²) in [6.07, 6.45) is 0. The van der Waals surface area contributed by atoms with Crippen LogP contribution in [0.15, 0.2) is 29.3 Å². The summed E-state index contributed by atoms with van der Waals surface area (Å²) in [5.74, 6) is 0.749. The summed E-state index contributed by atoms with van der Waals surface area (Å²) in [6.45, 7) is 12.6. The van der Waals surface area contributed by atoms with Crippen molar-refractivity contribution in [3.05, 3.63) is 24.3 Å². The van der Waals surface area contributed by atoms with Gasteiger partial charge in [0.05, 0.1) is 0 Å². The van der Waals surface area contributed by atoms with Gasteiger partial charge in [-0.1, -0.05) is 13.8 Å². The van der Waals surface area contributed by atoms with E-state index in [1.807, 2.05) is 6.92 Å². The third kappa shape index (κ3) is 4.77. The van der Waals surface area contributed by atoms with E-state index in [0.717, 1.165) is 19.0 Å². The number of rotatable bonds is 4. The summed E-state index contributed by atoms with van der Waals surface area (Å²) >= 11 is 0. The van der Waals surface area contributed by atoms with E-state index in [0.29, 0.717) is 5.69 Å². The van der Waals surface area contributed by atoms with Crippen LogP contribution in [0, 0.1) is 5.41 Å². The number of anilines is 1. The molecule has 1 heterocycles. The van der Waals surface area contributed by atoms with E-state index in [1.54, 1.807) is 12.1 Å². The van der Waals surface area contributed by atoms with Crippen LogP contribution in [0.1, 0.15) is 34.6 Å². The zero-order valence-electron chi connectivity index (χ0n) is 15.6. The van der Waals surface area contributed by atoms with E-state index in [4.69, 9.17) is 0 Å².